The van der Waals surface area contributed by atoms with Gasteiger partial charge < -0.3 is 14.9 Å². The highest BCUT2D eigenvalue weighted by atomic mass is 19.1. The number of anilines is 1. The number of hydrogen-bond donors (Lipinski definition) is 2. The largest absolute Gasteiger partial charge is 0.442 e. The van der Waals surface area contributed by atoms with Crippen LogP contribution in [-0.2, 0) is 16.7 Å². The number of fused-ring (bicyclic) bond motifs is 1. The van der Waals surface area contributed by atoms with Gasteiger partial charge in [0.2, 0.25) is 0 Å². The van der Waals surface area contributed by atoms with Crippen LogP contribution in [0.5, 0.6) is 0 Å². The number of aromatic nitrogens is 4. The molecule has 37 heavy (non-hydrogen) atoms. The lowest BCUT2D eigenvalue weighted by atomic mass is 9.95. The van der Waals surface area contributed by atoms with E-state index >= 15 is 4.39 Å². The fraction of sp³-hybridized carbons (Fsp3) is 0.400. The molecule has 1 amide bonds. The zero-order valence-electron chi connectivity index (χ0n) is 19.7. The molecule has 3 aromatic rings. The van der Waals surface area contributed by atoms with E-state index in [1.54, 1.807) is 52.4 Å². The third kappa shape index (κ3) is 3.83. The van der Waals surface area contributed by atoms with Gasteiger partial charge in [-0.2, -0.15) is 5.26 Å². The van der Waals surface area contributed by atoms with Crippen molar-refractivity contribution < 1.29 is 24.1 Å². The standard InChI is InChI=1S/C25H24FN7O4/c26-21-7-16(33-10-17(37-24(33)36)9-32-6-5-29-30-32)2-3-18(21)15-1-4-22(28-8-15)25(14-27)19-11-31(12-20(19)25)23(35)13-34/h1-8,17,19-20,23,34-35H,9-13H2/t17-,19-,20+,23?,25?/m0/s1. The number of carbonyl (C=O) groups excluding carboxylic acids is 1. The molecule has 12 heteroatoms. The number of cyclic esters (lactones) is 1. The SMILES string of the molecule is N#CC1(c2ccc(-c3ccc(N4C[C@H](Cn5ccnn5)OC4=O)cc3F)cn2)[C@@H]2CN(C(O)CO)C[C@@H]21. The summed E-state index contributed by atoms with van der Waals surface area (Å²) in [6.07, 6.45) is 2.87. The number of rotatable bonds is 7. The van der Waals surface area contributed by atoms with Crippen LogP contribution >= 0.6 is 0 Å². The van der Waals surface area contributed by atoms with Gasteiger partial charge in [-0.1, -0.05) is 11.3 Å². The molecule has 0 bridgehead atoms. The Morgan fingerprint density at radius 2 is 2.05 bits per heavy atom. The number of carbonyl (C=O) groups is 1. The molecule has 2 unspecified atom stereocenters. The van der Waals surface area contributed by atoms with Crippen LogP contribution in [0.25, 0.3) is 11.1 Å². The minimum absolute atomic E-state index is 0.0293. The molecule has 1 saturated carbocycles. The summed E-state index contributed by atoms with van der Waals surface area (Å²) in [6.45, 7) is 1.29. The van der Waals surface area contributed by atoms with Gasteiger partial charge in [-0.05, 0) is 24.3 Å². The Balaban J connectivity index is 1.16. The molecule has 3 aliphatic rings. The number of likely N-dealkylation sites (tertiary alicyclic amines) is 1. The molecule has 0 radical (unpaired) electrons. The first kappa shape index (κ1) is 23.5. The monoisotopic (exact) mass is 505 g/mol. The first-order valence-electron chi connectivity index (χ1n) is 12.0. The molecule has 1 aliphatic carbocycles. The fourth-order valence-corrected chi connectivity index (χ4v) is 5.69. The van der Waals surface area contributed by atoms with Crippen molar-refractivity contribution in [1.29, 1.82) is 5.26 Å². The Morgan fingerprint density at radius 1 is 1.24 bits per heavy atom. The zero-order chi connectivity index (χ0) is 25.7. The van der Waals surface area contributed by atoms with Gasteiger partial charge in [0.1, 0.15) is 23.6 Å². The number of benzene rings is 1. The third-order valence-corrected chi connectivity index (χ3v) is 7.68. The lowest BCUT2D eigenvalue weighted by Crippen LogP contribution is -2.40. The van der Waals surface area contributed by atoms with Crippen molar-refractivity contribution >= 4 is 11.8 Å². The molecule has 3 fully saturated rings. The predicted octanol–water partition coefficient (Wildman–Crippen LogP) is 1.14. The summed E-state index contributed by atoms with van der Waals surface area (Å²) in [5, 5.41) is 36.6. The van der Waals surface area contributed by atoms with E-state index in [1.807, 2.05) is 0 Å². The molecule has 6 rings (SSSR count). The summed E-state index contributed by atoms with van der Waals surface area (Å²) in [7, 11) is 0. The van der Waals surface area contributed by atoms with Crippen molar-refractivity contribution in [2.45, 2.75) is 24.3 Å². The highest BCUT2D eigenvalue weighted by Crippen LogP contribution is 2.63. The quantitative estimate of drug-likeness (QED) is 0.484. The van der Waals surface area contributed by atoms with E-state index in [4.69, 9.17) is 4.74 Å². The number of aliphatic hydroxyl groups is 2. The van der Waals surface area contributed by atoms with Gasteiger partial charge in [-0.15, -0.1) is 5.10 Å². The molecule has 2 saturated heterocycles. The first-order chi connectivity index (χ1) is 17.9. The normalized spacial score (nSPS) is 27.6. The van der Waals surface area contributed by atoms with Crippen LogP contribution in [0.1, 0.15) is 5.69 Å². The molecule has 4 heterocycles. The maximum absolute atomic E-state index is 15.1. The average molecular weight is 506 g/mol. The highest BCUT2D eigenvalue weighted by Gasteiger charge is 2.71. The van der Waals surface area contributed by atoms with Gasteiger partial charge in [-0.25, -0.2) is 13.9 Å². The van der Waals surface area contributed by atoms with E-state index in [1.165, 1.54) is 11.0 Å². The molecule has 5 atom stereocenters. The Morgan fingerprint density at radius 3 is 2.68 bits per heavy atom. The topological polar surface area (TPSA) is 141 Å². The molecule has 2 N–H and O–H groups in total. The Hall–Kier alpha value is -3.92. The van der Waals surface area contributed by atoms with Crippen molar-refractivity contribution in [3.05, 3.63) is 60.4 Å². The van der Waals surface area contributed by atoms with Crippen molar-refractivity contribution in [2.24, 2.45) is 11.8 Å². The van der Waals surface area contributed by atoms with Crippen LogP contribution < -0.4 is 4.90 Å². The smallest absolute Gasteiger partial charge is 0.414 e. The fourth-order valence-electron chi connectivity index (χ4n) is 5.69. The van der Waals surface area contributed by atoms with Crippen LogP contribution in [0.3, 0.4) is 0 Å². The maximum Gasteiger partial charge on any atom is 0.414 e. The van der Waals surface area contributed by atoms with Crippen LogP contribution in [0, 0.1) is 29.0 Å². The lowest BCUT2D eigenvalue weighted by Gasteiger charge is -2.26. The number of nitriles is 1. The van der Waals surface area contributed by atoms with Gasteiger partial charge in [0, 0.05) is 48.4 Å². The maximum atomic E-state index is 15.1. The van der Waals surface area contributed by atoms with Crippen LogP contribution in [0.15, 0.2) is 48.9 Å². The first-order valence-corrected chi connectivity index (χ1v) is 12.0. The van der Waals surface area contributed by atoms with Crippen LogP contribution in [0.2, 0.25) is 0 Å². The summed E-state index contributed by atoms with van der Waals surface area (Å²) in [6, 6.07) is 10.5. The Labute approximate surface area is 211 Å². The van der Waals surface area contributed by atoms with Gasteiger partial charge in [0.25, 0.3) is 0 Å². The second-order valence-electron chi connectivity index (χ2n) is 9.65. The molecule has 2 aromatic heterocycles. The summed E-state index contributed by atoms with van der Waals surface area (Å²) in [5.74, 6) is -0.449. The van der Waals surface area contributed by atoms with Crippen molar-refractivity contribution in [1.82, 2.24) is 24.9 Å². The van der Waals surface area contributed by atoms with Gasteiger partial charge in [-0.3, -0.25) is 14.8 Å². The summed E-state index contributed by atoms with van der Waals surface area (Å²) in [4.78, 5) is 20.0. The molecular weight excluding hydrogens is 481 g/mol. The van der Waals surface area contributed by atoms with E-state index in [2.05, 4.69) is 21.4 Å². The van der Waals surface area contributed by atoms with E-state index in [9.17, 15) is 20.3 Å². The Kier molecular flexibility index (Phi) is 5.63. The number of pyridine rings is 1. The minimum Gasteiger partial charge on any atom is -0.442 e. The van der Waals surface area contributed by atoms with Crippen molar-refractivity contribution in [2.75, 3.05) is 31.1 Å². The molecule has 2 aliphatic heterocycles. The molecule has 1 aromatic carbocycles. The number of nitrogens with zero attached hydrogens (tertiary/aromatic N) is 7. The number of aliphatic hydroxyl groups excluding tert-OH is 2. The molecule has 11 nitrogen and oxygen atoms in total. The van der Waals surface area contributed by atoms with Crippen LogP contribution in [-0.4, -0.2) is 79.8 Å². The van der Waals surface area contributed by atoms with Gasteiger partial charge in [0.15, 0.2) is 0 Å². The van der Waals surface area contributed by atoms with Gasteiger partial charge >= 0.3 is 6.09 Å². The number of hydrogen-bond acceptors (Lipinski definition) is 9. The number of piperidine rings is 1. The summed E-state index contributed by atoms with van der Waals surface area (Å²) in [5.41, 5.74) is 1.17. The van der Waals surface area contributed by atoms with E-state index in [-0.39, 0.29) is 25.0 Å². The number of halogens is 1. The summed E-state index contributed by atoms with van der Waals surface area (Å²) < 4.78 is 22.1. The van der Waals surface area contributed by atoms with Gasteiger partial charge in [0.05, 0.1) is 43.3 Å². The highest BCUT2D eigenvalue weighted by molar-refractivity contribution is 5.90. The second kappa shape index (κ2) is 8.88. The number of ether oxygens (including phenoxy) is 1. The zero-order valence-corrected chi connectivity index (χ0v) is 19.7. The van der Waals surface area contributed by atoms with E-state index < -0.39 is 29.7 Å². The lowest BCUT2D eigenvalue weighted by molar-refractivity contribution is -0.0300. The minimum atomic E-state index is -0.924. The van der Waals surface area contributed by atoms with Crippen molar-refractivity contribution in [3.63, 3.8) is 0 Å². The second-order valence-corrected chi connectivity index (χ2v) is 9.65. The molecule has 190 valence electrons. The summed E-state index contributed by atoms with van der Waals surface area (Å²) >= 11 is 0. The predicted molar refractivity (Wildman–Crippen MR) is 126 cm³/mol. The van der Waals surface area contributed by atoms with E-state index in [0.29, 0.717) is 42.1 Å². The average Bonchev–Trinajstić information content (AvgIpc) is 3.41. The van der Waals surface area contributed by atoms with Crippen molar-refractivity contribution in [3.8, 4) is 17.2 Å². The van der Waals surface area contributed by atoms with Crippen LogP contribution in [0.4, 0.5) is 14.9 Å². The Bertz CT molecular complexity index is 1350. The molecule has 0 spiro atoms. The third-order valence-electron chi connectivity index (χ3n) is 7.68. The molecular formula is C25H24FN7O4. The number of amides is 1. The van der Waals surface area contributed by atoms with E-state index in [0.717, 1.165) is 0 Å².